The average molecular weight is 573 g/mol. The predicted octanol–water partition coefficient (Wildman–Crippen LogP) is 6.05. The van der Waals surface area contributed by atoms with E-state index in [1.807, 2.05) is 23.6 Å². The molecular weight excluding hydrogens is 540 g/mol. The molecule has 0 aliphatic carbocycles. The van der Waals surface area contributed by atoms with Gasteiger partial charge in [0.15, 0.2) is 15.5 Å². The third-order valence-corrected chi connectivity index (χ3v) is 8.65. The number of anilines is 4. The Kier molecular flexibility index (Phi) is 7.38. The highest BCUT2D eigenvalue weighted by atomic mass is 32.2. The molecule has 2 N–H and O–H groups in total. The summed E-state index contributed by atoms with van der Waals surface area (Å²) in [6, 6.07) is 16.5. The highest BCUT2D eigenvalue weighted by Gasteiger charge is 2.25. The van der Waals surface area contributed by atoms with Crippen molar-refractivity contribution in [3.8, 4) is 6.07 Å². The normalized spacial score (nSPS) is 19.2. The average Bonchev–Trinajstić information content (AvgIpc) is 3.61. The highest BCUT2D eigenvalue weighted by Crippen LogP contribution is 2.37. The Bertz CT molecular complexity index is 1750. The van der Waals surface area contributed by atoms with Crippen LogP contribution in [0.4, 0.5) is 22.9 Å². The molecule has 4 heterocycles. The van der Waals surface area contributed by atoms with Crippen molar-refractivity contribution < 1.29 is 17.9 Å². The molecular formula is C30H32N6O4S. The zero-order valence-electron chi connectivity index (χ0n) is 23.1. The lowest BCUT2D eigenvalue weighted by Gasteiger charge is -2.25. The summed E-state index contributed by atoms with van der Waals surface area (Å²) < 4.78 is 39.8. The van der Waals surface area contributed by atoms with Crippen molar-refractivity contribution in [3.63, 3.8) is 0 Å². The molecule has 0 radical (unpaired) electrons. The molecule has 2 aromatic carbocycles. The lowest BCUT2D eigenvalue weighted by Crippen LogP contribution is -2.19. The summed E-state index contributed by atoms with van der Waals surface area (Å²) in [5.74, 6) is 1.27. The molecule has 2 aliphatic rings. The second-order valence-electron chi connectivity index (χ2n) is 10.5. The first-order chi connectivity index (χ1) is 19.8. The molecule has 2 aromatic heterocycles. The van der Waals surface area contributed by atoms with Gasteiger partial charge in [0.05, 0.1) is 34.0 Å². The summed E-state index contributed by atoms with van der Waals surface area (Å²) in [7, 11) is -3.57. The fourth-order valence-corrected chi connectivity index (χ4v) is 6.42. The van der Waals surface area contributed by atoms with Crippen molar-refractivity contribution in [1.82, 2.24) is 14.5 Å². The third-order valence-electron chi connectivity index (χ3n) is 7.51. The Hall–Kier alpha value is -3.98. The van der Waals surface area contributed by atoms with E-state index in [4.69, 9.17) is 19.4 Å². The van der Waals surface area contributed by atoms with E-state index in [-0.39, 0.29) is 17.2 Å². The van der Waals surface area contributed by atoms with Crippen molar-refractivity contribution in [3.05, 3.63) is 65.5 Å². The maximum atomic E-state index is 12.9. The third kappa shape index (κ3) is 5.63. The van der Waals surface area contributed by atoms with E-state index in [1.54, 1.807) is 36.4 Å². The van der Waals surface area contributed by atoms with Gasteiger partial charge in [-0.05, 0) is 74.9 Å². The van der Waals surface area contributed by atoms with Gasteiger partial charge in [0.1, 0.15) is 23.4 Å². The van der Waals surface area contributed by atoms with Gasteiger partial charge in [-0.25, -0.2) is 18.4 Å². The summed E-state index contributed by atoms with van der Waals surface area (Å²) in [5.41, 5.74) is 4.35. The van der Waals surface area contributed by atoms with Crippen molar-refractivity contribution >= 4 is 43.9 Å². The molecule has 2 fully saturated rings. The molecule has 10 nitrogen and oxygen atoms in total. The summed E-state index contributed by atoms with van der Waals surface area (Å²) in [6.07, 6.45) is 5.64. The van der Waals surface area contributed by atoms with Gasteiger partial charge >= 0.3 is 0 Å². The van der Waals surface area contributed by atoms with Gasteiger partial charge in [-0.1, -0.05) is 12.1 Å². The molecule has 2 atom stereocenters. The Morgan fingerprint density at radius 2 is 1.83 bits per heavy atom. The van der Waals surface area contributed by atoms with Gasteiger partial charge in [0, 0.05) is 31.2 Å². The molecule has 2 unspecified atom stereocenters. The topological polar surface area (TPSA) is 131 Å². The number of nitrogens with zero attached hydrogens (tertiary/aromatic N) is 4. The second-order valence-corrected chi connectivity index (χ2v) is 12.5. The van der Waals surface area contributed by atoms with E-state index in [0.29, 0.717) is 52.8 Å². The van der Waals surface area contributed by atoms with Crippen LogP contribution in [0.2, 0.25) is 0 Å². The molecule has 0 amide bonds. The molecule has 11 heteroatoms. The maximum Gasteiger partial charge on any atom is 0.177 e. The first-order valence-corrected chi connectivity index (χ1v) is 15.7. The van der Waals surface area contributed by atoms with Crippen molar-refractivity contribution in [2.24, 2.45) is 0 Å². The molecule has 0 spiro atoms. The van der Waals surface area contributed by atoms with Crippen LogP contribution >= 0.6 is 0 Å². The number of hydrogen-bond acceptors (Lipinski definition) is 9. The monoisotopic (exact) mass is 572 g/mol. The minimum atomic E-state index is -3.57. The number of imidazole rings is 1. The second kappa shape index (κ2) is 11.1. The predicted molar refractivity (Wildman–Crippen MR) is 156 cm³/mol. The smallest absolute Gasteiger partial charge is 0.177 e. The summed E-state index contributed by atoms with van der Waals surface area (Å²) >= 11 is 0. The van der Waals surface area contributed by atoms with Crippen LogP contribution in [0.1, 0.15) is 61.4 Å². The number of hydrogen-bond donors (Lipinski definition) is 2. The summed E-state index contributed by atoms with van der Waals surface area (Å²) in [4.78, 5) is 9.96. The number of rotatable bonds is 7. The first kappa shape index (κ1) is 27.2. The van der Waals surface area contributed by atoms with Gasteiger partial charge in [-0.3, -0.25) is 4.57 Å². The van der Waals surface area contributed by atoms with Crippen LogP contribution in [-0.2, 0) is 19.3 Å². The number of nitrogens with one attached hydrogen (secondary N) is 2. The fraction of sp³-hybridized carbons (Fsp3) is 0.367. The van der Waals surface area contributed by atoms with Crippen LogP contribution in [0.25, 0.3) is 11.2 Å². The van der Waals surface area contributed by atoms with Crippen LogP contribution in [0.15, 0.2) is 53.4 Å². The van der Waals surface area contributed by atoms with Crippen LogP contribution in [0.5, 0.6) is 0 Å². The largest absolute Gasteiger partial charge is 0.374 e. The number of fused-ring (bicyclic) bond motifs is 1. The fourth-order valence-electron chi connectivity index (χ4n) is 5.55. The zero-order chi connectivity index (χ0) is 28.6. The minimum absolute atomic E-state index is 0.106. The van der Waals surface area contributed by atoms with E-state index in [1.165, 1.54) is 6.26 Å². The number of sulfone groups is 1. The van der Waals surface area contributed by atoms with Gasteiger partial charge in [0.25, 0.3) is 0 Å². The Balaban J connectivity index is 1.47. The van der Waals surface area contributed by atoms with E-state index in [2.05, 4.69) is 16.7 Å². The van der Waals surface area contributed by atoms with Crippen LogP contribution in [-0.4, -0.2) is 42.4 Å². The van der Waals surface area contributed by atoms with E-state index >= 15 is 0 Å². The number of ether oxygens (including phenoxy) is 2. The summed E-state index contributed by atoms with van der Waals surface area (Å²) in [6.45, 7) is 3.27. The van der Waals surface area contributed by atoms with Crippen molar-refractivity contribution in [2.75, 3.05) is 30.1 Å². The number of nitriles is 1. The van der Waals surface area contributed by atoms with Gasteiger partial charge in [-0.2, -0.15) is 5.26 Å². The van der Waals surface area contributed by atoms with Crippen LogP contribution in [0.3, 0.4) is 0 Å². The SMILES string of the molecule is Cc1nc2c(Nc3ccc(C4CCCO4)cc3S(C)(=O)=O)cc(Nc3cccc(C#N)c3)nc2n1C1CCCCO1. The van der Waals surface area contributed by atoms with Crippen molar-refractivity contribution in [2.45, 2.75) is 56.3 Å². The Morgan fingerprint density at radius 1 is 0.976 bits per heavy atom. The molecule has 2 aliphatic heterocycles. The van der Waals surface area contributed by atoms with E-state index in [9.17, 15) is 13.7 Å². The first-order valence-electron chi connectivity index (χ1n) is 13.8. The Morgan fingerprint density at radius 3 is 2.56 bits per heavy atom. The Labute approximate surface area is 239 Å². The van der Waals surface area contributed by atoms with E-state index in [0.717, 1.165) is 43.5 Å². The number of benzene rings is 2. The molecule has 0 saturated carbocycles. The quantitative estimate of drug-likeness (QED) is 0.271. The van der Waals surface area contributed by atoms with Gasteiger partial charge < -0.3 is 20.1 Å². The van der Waals surface area contributed by atoms with Gasteiger partial charge in [0.2, 0.25) is 0 Å². The molecule has 4 aromatic rings. The number of pyridine rings is 1. The van der Waals surface area contributed by atoms with Crippen LogP contribution < -0.4 is 10.6 Å². The highest BCUT2D eigenvalue weighted by molar-refractivity contribution is 7.90. The van der Waals surface area contributed by atoms with Gasteiger partial charge in [-0.15, -0.1) is 0 Å². The number of aromatic nitrogens is 3. The molecule has 212 valence electrons. The lowest BCUT2D eigenvalue weighted by atomic mass is 10.1. The van der Waals surface area contributed by atoms with Crippen LogP contribution in [0, 0.1) is 18.3 Å². The molecule has 2 saturated heterocycles. The zero-order valence-corrected chi connectivity index (χ0v) is 23.9. The molecule has 41 heavy (non-hydrogen) atoms. The summed E-state index contributed by atoms with van der Waals surface area (Å²) in [5, 5.41) is 16.0. The minimum Gasteiger partial charge on any atom is -0.374 e. The standard InChI is InChI=1S/C30H32N6O4S/c1-19-32-29-24(34-23-12-11-21(25-9-6-14-39-25)16-26(23)41(2,37)38)17-27(33-22-8-5-7-20(15-22)18-31)35-30(29)36(19)28-10-3-4-13-40-28/h5,7-8,11-12,15-17,25,28H,3-4,6,9-10,13-14H2,1-2H3,(H2,33,34,35). The lowest BCUT2D eigenvalue weighted by molar-refractivity contribution is -0.0308. The maximum absolute atomic E-state index is 12.9. The molecule has 6 rings (SSSR count). The molecule has 0 bridgehead atoms. The van der Waals surface area contributed by atoms with E-state index < -0.39 is 9.84 Å². The number of aryl methyl sites for hydroxylation is 1. The van der Waals surface area contributed by atoms with Crippen molar-refractivity contribution in [1.29, 1.82) is 5.26 Å².